The van der Waals surface area contributed by atoms with E-state index in [2.05, 4.69) is 0 Å². The van der Waals surface area contributed by atoms with Crippen molar-refractivity contribution in [3.05, 3.63) is 83.9 Å². The molecule has 0 aliphatic carbocycles. The van der Waals surface area contributed by atoms with Crippen molar-refractivity contribution in [2.24, 2.45) is 0 Å². The summed E-state index contributed by atoms with van der Waals surface area (Å²) in [4.78, 5) is 0. The average molecular weight is 439 g/mol. The lowest BCUT2D eigenvalue weighted by Gasteiger charge is -2.16. The van der Waals surface area contributed by atoms with Gasteiger partial charge >= 0.3 is 0 Å². The zero-order valence-electron chi connectivity index (χ0n) is 16.5. The van der Waals surface area contributed by atoms with Gasteiger partial charge in [0.25, 0.3) is 0 Å². The number of phenolic OH excluding ortho intramolecular Hbond substituents is 2. The molecule has 4 N–H and O–H groups in total. The quantitative estimate of drug-likeness (QED) is 0.366. The van der Waals surface area contributed by atoms with Crippen molar-refractivity contribution in [3.8, 4) is 11.5 Å². The van der Waals surface area contributed by atoms with E-state index in [0.717, 1.165) is 21.5 Å². The van der Waals surface area contributed by atoms with Gasteiger partial charge in [0, 0.05) is 0 Å². The Morgan fingerprint density at radius 3 is 1.35 bits per heavy atom. The molecule has 0 spiro atoms. The van der Waals surface area contributed by atoms with Gasteiger partial charge in [-0.1, -0.05) is 36.4 Å². The van der Waals surface area contributed by atoms with Crippen LogP contribution >= 0.6 is 0 Å². The lowest BCUT2D eigenvalue weighted by molar-refractivity contribution is 0.194. The Morgan fingerprint density at radius 2 is 0.935 bits per heavy atom. The fourth-order valence-corrected chi connectivity index (χ4v) is 5.14. The molecule has 0 heterocycles. The highest BCUT2D eigenvalue weighted by atomic mass is 32.2. The maximum Gasteiger partial charge on any atom is 0.156 e. The monoisotopic (exact) mass is 438 g/mol. The number of sulfone groups is 1. The molecule has 7 heteroatoms. The number of aromatic hydroxyl groups is 2. The molecule has 0 radical (unpaired) electrons. The highest BCUT2D eigenvalue weighted by Crippen LogP contribution is 2.27. The first-order chi connectivity index (χ1) is 14.7. The molecule has 31 heavy (non-hydrogen) atoms. The van der Waals surface area contributed by atoms with E-state index in [4.69, 9.17) is 0 Å². The minimum absolute atomic E-state index is 0.128. The maximum absolute atomic E-state index is 12.6. The predicted molar refractivity (Wildman–Crippen MR) is 120 cm³/mol. The topological polar surface area (TPSA) is 115 Å². The molecular formula is C24H22O6S. The highest BCUT2D eigenvalue weighted by Gasteiger charge is 2.23. The molecule has 4 rings (SSSR count). The van der Waals surface area contributed by atoms with Crippen LogP contribution in [0.3, 0.4) is 0 Å². The summed E-state index contributed by atoms with van der Waals surface area (Å²) in [6, 6.07) is 19.6. The highest BCUT2D eigenvalue weighted by molar-refractivity contribution is 7.91. The first kappa shape index (κ1) is 21.1. The van der Waals surface area contributed by atoms with E-state index in [1.54, 1.807) is 60.7 Å². The number of benzene rings is 4. The van der Waals surface area contributed by atoms with Crippen LogP contribution in [0.2, 0.25) is 0 Å². The second-order valence-electron chi connectivity index (χ2n) is 7.69. The third-order valence-corrected chi connectivity index (χ3v) is 6.94. The maximum atomic E-state index is 12.6. The van der Waals surface area contributed by atoms with Crippen LogP contribution in [0.25, 0.3) is 21.5 Å². The van der Waals surface area contributed by atoms with Crippen molar-refractivity contribution in [1.82, 2.24) is 0 Å². The van der Waals surface area contributed by atoms with E-state index < -0.39 is 33.6 Å². The summed E-state index contributed by atoms with van der Waals surface area (Å²) in [7, 11) is -3.78. The van der Waals surface area contributed by atoms with E-state index in [0.29, 0.717) is 11.1 Å². The number of aliphatic hydroxyl groups excluding tert-OH is 2. The molecule has 0 fully saturated rings. The predicted octanol–water partition coefficient (Wildman–Crippen LogP) is 3.59. The Hall–Kier alpha value is -3.13. The number of fused-ring (bicyclic) bond motifs is 2. The Balaban J connectivity index is 1.49. The molecule has 0 saturated carbocycles. The van der Waals surface area contributed by atoms with Crippen molar-refractivity contribution in [2.45, 2.75) is 12.2 Å². The van der Waals surface area contributed by atoms with Crippen LogP contribution in [-0.2, 0) is 9.84 Å². The Bertz CT molecular complexity index is 1260. The fourth-order valence-electron chi connectivity index (χ4n) is 3.66. The molecule has 0 bridgehead atoms. The Morgan fingerprint density at radius 1 is 0.581 bits per heavy atom. The molecular weight excluding hydrogens is 416 g/mol. The summed E-state index contributed by atoms with van der Waals surface area (Å²) < 4.78 is 25.3. The summed E-state index contributed by atoms with van der Waals surface area (Å²) in [5, 5.41) is 43.2. The molecule has 4 aromatic rings. The van der Waals surface area contributed by atoms with Crippen molar-refractivity contribution in [3.63, 3.8) is 0 Å². The average Bonchev–Trinajstić information content (AvgIpc) is 2.72. The molecule has 160 valence electrons. The summed E-state index contributed by atoms with van der Waals surface area (Å²) in [6.07, 6.45) is -2.48. The van der Waals surface area contributed by atoms with Gasteiger partial charge in [0.2, 0.25) is 0 Å². The first-order valence-corrected chi connectivity index (χ1v) is 11.5. The van der Waals surface area contributed by atoms with Gasteiger partial charge in [-0.25, -0.2) is 8.42 Å². The second kappa shape index (κ2) is 8.19. The summed E-state index contributed by atoms with van der Waals surface area (Å²) in [5.41, 5.74) is 0.892. The van der Waals surface area contributed by atoms with Crippen LogP contribution < -0.4 is 0 Å². The van der Waals surface area contributed by atoms with Gasteiger partial charge in [0.05, 0.1) is 23.7 Å². The lowest BCUT2D eigenvalue weighted by Crippen LogP contribution is -2.21. The van der Waals surface area contributed by atoms with Gasteiger partial charge in [-0.2, -0.15) is 0 Å². The molecule has 2 unspecified atom stereocenters. The molecule has 2 atom stereocenters. The molecule has 0 aliphatic heterocycles. The minimum Gasteiger partial charge on any atom is -0.508 e. The number of phenols is 2. The second-order valence-corrected chi connectivity index (χ2v) is 9.84. The standard InChI is InChI=1S/C24H22O6S/c25-21-7-5-15-9-19(3-1-17(15)11-21)23(27)13-31(29,30)14-24(28)20-4-2-18-12-22(26)8-6-16(18)10-20/h1-12,23-28H,13-14H2. The molecule has 6 nitrogen and oxygen atoms in total. The van der Waals surface area contributed by atoms with Gasteiger partial charge in [-0.05, 0) is 69.1 Å². The number of hydrogen-bond acceptors (Lipinski definition) is 6. The van der Waals surface area contributed by atoms with Gasteiger partial charge < -0.3 is 20.4 Å². The lowest BCUT2D eigenvalue weighted by atomic mass is 10.0. The van der Waals surface area contributed by atoms with Crippen molar-refractivity contribution < 1.29 is 28.8 Å². The van der Waals surface area contributed by atoms with Gasteiger partial charge in [-0.15, -0.1) is 0 Å². The van der Waals surface area contributed by atoms with Crippen LogP contribution in [0.5, 0.6) is 11.5 Å². The normalized spacial score (nSPS) is 14.0. The van der Waals surface area contributed by atoms with E-state index in [-0.39, 0.29) is 11.5 Å². The summed E-state index contributed by atoms with van der Waals surface area (Å²) in [6.45, 7) is 0. The summed E-state index contributed by atoms with van der Waals surface area (Å²) in [5.74, 6) is -0.782. The Kier molecular flexibility index (Phi) is 5.58. The van der Waals surface area contributed by atoms with Crippen LogP contribution in [0.15, 0.2) is 72.8 Å². The smallest absolute Gasteiger partial charge is 0.156 e. The van der Waals surface area contributed by atoms with Crippen LogP contribution in [-0.4, -0.2) is 40.3 Å². The minimum atomic E-state index is -3.78. The molecule has 0 aliphatic rings. The fraction of sp³-hybridized carbons (Fsp3) is 0.167. The molecule has 4 aromatic carbocycles. The van der Waals surface area contributed by atoms with Gasteiger partial charge in [0.1, 0.15) is 11.5 Å². The number of hydrogen-bond donors (Lipinski definition) is 4. The largest absolute Gasteiger partial charge is 0.508 e. The molecule has 0 saturated heterocycles. The van der Waals surface area contributed by atoms with Gasteiger partial charge in [0.15, 0.2) is 9.84 Å². The van der Waals surface area contributed by atoms with Crippen molar-refractivity contribution >= 4 is 31.4 Å². The number of rotatable bonds is 6. The van der Waals surface area contributed by atoms with E-state index in [1.807, 2.05) is 0 Å². The molecule has 0 aromatic heterocycles. The SMILES string of the molecule is O=S(=O)(CC(O)c1ccc2cc(O)ccc2c1)CC(O)c1ccc2cc(O)ccc2c1. The molecule has 0 amide bonds. The third kappa shape index (κ3) is 4.80. The van der Waals surface area contributed by atoms with E-state index in [9.17, 15) is 28.8 Å². The number of aliphatic hydroxyl groups is 2. The third-order valence-electron chi connectivity index (χ3n) is 5.29. The van der Waals surface area contributed by atoms with E-state index >= 15 is 0 Å². The van der Waals surface area contributed by atoms with Crippen molar-refractivity contribution in [1.29, 1.82) is 0 Å². The van der Waals surface area contributed by atoms with Crippen LogP contribution in [0.1, 0.15) is 23.3 Å². The van der Waals surface area contributed by atoms with Gasteiger partial charge in [-0.3, -0.25) is 0 Å². The Labute approximate surface area is 179 Å². The zero-order valence-corrected chi connectivity index (χ0v) is 17.3. The summed E-state index contributed by atoms with van der Waals surface area (Å²) >= 11 is 0. The first-order valence-electron chi connectivity index (χ1n) is 9.72. The van der Waals surface area contributed by atoms with Crippen molar-refractivity contribution in [2.75, 3.05) is 11.5 Å². The zero-order chi connectivity index (χ0) is 22.2. The van der Waals surface area contributed by atoms with Crippen LogP contribution in [0, 0.1) is 0 Å². The van der Waals surface area contributed by atoms with Crippen LogP contribution in [0.4, 0.5) is 0 Å². The van der Waals surface area contributed by atoms with E-state index in [1.165, 1.54) is 12.1 Å².